The Hall–Kier alpha value is -1.51. The van der Waals surface area contributed by atoms with Crippen molar-refractivity contribution in [2.45, 2.75) is 39.5 Å². The van der Waals surface area contributed by atoms with Crippen LogP contribution in [0.4, 0.5) is 5.69 Å². The van der Waals surface area contributed by atoms with E-state index in [9.17, 15) is 4.79 Å². The first kappa shape index (κ1) is 13.6. The summed E-state index contributed by atoms with van der Waals surface area (Å²) < 4.78 is 4.99. The molecule has 1 rings (SSSR count). The topological polar surface area (TPSA) is 52.3 Å². The van der Waals surface area contributed by atoms with E-state index < -0.39 is 0 Å². The van der Waals surface area contributed by atoms with E-state index in [0.29, 0.717) is 17.9 Å². The smallest absolute Gasteiger partial charge is 0.340 e. The maximum absolute atomic E-state index is 11.7. The summed E-state index contributed by atoms with van der Waals surface area (Å²) in [6.07, 6.45) is 0.999. The summed E-state index contributed by atoms with van der Waals surface area (Å²) in [5.74, 6) is -0.348. The van der Waals surface area contributed by atoms with E-state index in [1.165, 1.54) is 0 Å². The van der Waals surface area contributed by atoms with Crippen LogP contribution in [0.3, 0.4) is 0 Å². The summed E-state index contributed by atoms with van der Waals surface area (Å²) in [7, 11) is 0. The quantitative estimate of drug-likeness (QED) is 0.644. The Labute approximate surface area is 103 Å². The van der Waals surface area contributed by atoms with Crippen molar-refractivity contribution in [1.29, 1.82) is 0 Å². The molecule has 0 spiro atoms. The van der Waals surface area contributed by atoms with Gasteiger partial charge < -0.3 is 10.5 Å². The number of nitrogen functional groups attached to an aromatic ring is 1. The maximum Gasteiger partial charge on any atom is 0.340 e. The molecule has 0 atom stereocenters. The molecule has 3 nitrogen and oxygen atoms in total. The van der Waals surface area contributed by atoms with Gasteiger partial charge in [-0.25, -0.2) is 4.79 Å². The van der Waals surface area contributed by atoms with Crippen molar-refractivity contribution in [3.63, 3.8) is 0 Å². The highest BCUT2D eigenvalue weighted by molar-refractivity contribution is 5.95. The molecule has 0 fully saturated rings. The predicted octanol–water partition coefficient (Wildman–Crippen LogP) is 3.13. The van der Waals surface area contributed by atoms with Crippen molar-refractivity contribution in [3.05, 3.63) is 29.3 Å². The number of hydrogen-bond donors (Lipinski definition) is 1. The van der Waals surface area contributed by atoms with Crippen molar-refractivity contribution >= 4 is 11.7 Å². The highest BCUT2D eigenvalue weighted by Gasteiger charge is 2.21. The van der Waals surface area contributed by atoms with Gasteiger partial charge in [0.1, 0.15) is 0 Å². The van der Waals surface area contributed by atoms with Crippen molar-refractivity contribution < 1.29 is 9.53 Å². The second-order valence-electron chi connectivity index (χ2n) is 4.76. The number of esters is 1. The fourth-order valence-corrected chi connectivity index (χ4v) is 1.57. The van der Waals surface area contributed by atoms with Gasteiger partial charge in [0, 0.05) is 5.69 Å². The van der Waals surface area contributed by atoms with Gasteiger partial charge in [-0.15, -0.1) is 0 Å². The minimum absolute atomic E-state index is 0.0367. The number of rotatable bonds is 4. The largest absolute Gasteiger partial charge is 0.462 e. The molecule has 0 saturated carbocycles. The van der Waals surface area contributed by atoms with Gasteiger partial charge in [0.05, 0.1) is 12.2 Å². The number of carbonyl (C=O) groups excluding carboxylic acids is 1. The fraction of sp³-hybridized carbons (Fsp3) is 0.500. The van der Waals surface area contributed by atoms with Crippen LogP contribution in [0.2, 0.25) is 0 Å². The van der Waals surface area contributed by atoms with E-state index >= 15 is 0 Å². The second kappa shape index (κ2) is 5.21. The van der Waals surface area contributed by atoms with Gasteiger partial charge in [-0.1, -0.05) is 26.8 Å². The van der Waals surface area contributed by atoms with Crippen LogP contribution < -0.4 is 5.73 Å². The lowest BCUT2D eigenvalue weighted by Gasteiger charge is -2.24. The molecule has 0 heterocycles. The first-order valence-corrected chi connectivity index (χ1v) is 5.99. The van der Waals surface area contributed by atoms with Gasteiger partial charge in [-0.3, -0.25) is 0 Å². The summed E-state index contributed by atoms with van der Waals surface area (Å²) in [5, 5.41) is 0. The predicted molar refractivity (Wildman–Crippen MR) is 70.1 cm³/mol. The van der Waals surface area contributed by atoms with Gasteiger partial charge in [0.15, 0.2) is 0 Å². The SMILES string of the molecule is CCOC(=O)c1cc(C(C)(C)CC)ccc1N. The van der Waals surface area contributed by atoms with E-state index in [-0.39, 0.29) is 11.4 Å². The summed E-state index contributed by atoms with van der Waals surface area (Å²) >= 11 is 0. The molecule has 0 bridgehead atoms. The zero-order valence-corrected chi connectivity index (χ0v) is 11.0. The van der Waals surface area contributed by atoms with Crippen molar-refractivity contribution in [2.24, 2.45) is 0 Å². The minimum atomic E-state index is -0.348. The van der Waals surface area contributed by atoms with E-state index in [0.717, 1.165) is 12.0 Å². The standard InChI is InChI=1S/C14H21NO2/c1-5-14(3,4)10-7-8-12(15)11(9-10)13(16)17-6-2/h7-9H,5-6,15H2,1-4H3. The Morgan fingerprint density at radius 1 is 1.35 bits per heavy atom. The van der Waals surface area contributed by atoms with Crippen LogP contribution in [-0.2, 0) is 10.2 Å². The second-order valence-corrected chi connectivity index (χ2v) is 4.76. The molecule has 1 aromatic rings. The molecule has 0 unspecified atom stereocenters. The van der Waals surface area contributed by atoms with Crippen LogP contribution in [0.1, 0.15) is 50.0 Å². The highest BCUT2D eigenvalue weighted by Crippen LogP contribution is 2.29. The van der Waals surface area contributed by atoms with Crippen molar-refractivity contribution in [1.82, 2.24) is 0 Å². The van der Waals surface area contributed by atoms with Crippen LogP contribution >= 0.6 is 0 Å². The van der Waals surface area contributed by atoms with Crippen LogP contribution in [-0.4, -0.2) is 12.6 Å². The van der Waals surface area contributed by atoms with Crippen molar-refractivity contribution in [2.75, 3.05) is 12.3 Å². The first-order chi connectivity index (χ1) is 7.92. The number of benzene rings is 1. The van der Waals surface area contributed by atoms with Gasteiger partial charge in [-0.05, 0) is 36.5 Å². The van der Waals surface area contributed by atoms with E-state index in [2.05, 4.69) is 20.8 Å². The molecule has 1 aromatic carbocycles. The molecule has 94 valence electrons. The molecule has 2 N–H and O–H groups in total. The van der Waals surface area contributed by atoms with Gasteiger partial charge in [0.2, 0.25) is 0 Å². The Bertz CT molecular complexity index is 411. The lowest BCUT2D eigenvalue weighted by Crippen LogP contribution is -2.17. The summed E-state index contributed by atoms with van der Waals surface area (Å²) in [6.45, 7) is 8.56. The number of carbonyl (C=O) groups is 1. The molecule has 0 aliphatic carbocycles. The summed E-state index contributed by atoms with van der Waals surface area (Å²) in [4.78, 5) is 11.7. The molecule has 0 amide bonds. The summed E-state index contributed by atoms with van der Waals surface area (Å²) in [6, 6.07) is 5.59. The molecular weight excluding hydrogens is 214 g/mol. The number of hydrogen-bond acceptors (Lipinski definition) is 3. The Morgan fingerprint density at radius 3 is 2.53 bits per heavy atom. The summed E-state index contributed by atoms with van der Waals surface area (Å²) in [5.41, 5.74) is 7.88. The molecule has 3 heteroatoms. The Balaban J connectivity index is 3.15. The Kier molecular flexibility index (Phi) is 4.16. The molecule has 17 heavy (non-hydrogen) atoms. The highest BCUT2D eigenvalue weighted by atomic mass is 16.5. The first-order valence-electron chi connectivity index (χ1n) is 5.99. The van der Waals surface area contributed by atoms with Gasteiger partial charge in [0.25, 0.3) is 0 Å². The maximum atomic E-state index is 11.7. The average molecular weight is 235 g/mol. The van der Waals surface area contributed by atoms with Crippen LogP contribution in [0.25, 0.3) is 0 Å². The third-order valence-corrected chi connectivity index (χ3v) is 3.21. The average Bonchev–Trinajstić information content (AvgIpc) is 2.29. The molecule has 0 aliphatic rings. The van der Waals surface area contributed by atoms with Crippen LogP contribution in [0.5, 0.6) is 0 Å². The zero-order chi connectivity index (χ0) is 13.1. The van der Waals surface area contributed by atoms with Crippen molar-refractivity contribution in [3.8, 4) is 0 Å². The third-order valence-electron chi connectivity index (χ3n) is 3.21. The van der Waals surface area contributed by atoms with Crippen LogP contribution in [0, 0.1) is 0 Å². The fourth-order valence-electron chi connectivity index (χ4n) is 1.57. The monoisotopic (exact) mass is 235 g/mol. The van der Waals surface area contributed by atoms with E-state index in [1.807, 2.05) is 12.1 Å². The number of ether oxygens (including phenoxy) is 1. The number of nitrogens with two attached hydrogens (primary N) is 1. The molecular formula is C14H21NO2. The van der Waals surface area contributed by atoms with E-state index in [1.54, 1.807) is 13.0 Å². The lowest BCUT2D eigenvalue weighted by atomic mass is 9.81. The zero-order valence-electron chi connectivity index (χ0n) is 11.0. The lowest BCUT2D eigenvalue weighted by molar-refractivity contribution is 0.0527. The third kappa shape index (κ3) is 2.99. The van der Waals surface area contributed by atoms with Gasteiger partial charge in [-0.2, -0.15) is 0 Å². The Morgan fingerprint density at radius 2 is 2.00 bits per heavy atom. The van der Waals surface area contributed by atoms with Crippen LogP contribution in [0.15, 0.2) is 18.2 Å². The molecule has 0 aliphatic heterocycles. The molecule has 0 aromatic heterocycles. The van der Waals surface area contributed by atoms with E-state index in [4.69, 9.17) is 10.5 Å². The molecule has 0 radical (unpaired) electrons. The minimum Gasteiger partial charge on any atom is -0.462 e. The molecule has 0 saturated heterocycles. The normalized spacial score (nSPS) is 11.3. The van der Waals surface area contributed by atoms with Gasteiger partial charge >= 0.3 is 5.97 Å². The number of anilines is 1.